The predicted octanol–water partition coefficient (Wildman–Crippen LogP) is 4.36. The summed E-state index contributed by atoms with van der Waals surface area (Å²) in [5.74, 6) is -0.512. The summed E-state index contributed by atoms with van der Waals surface area (Å²) in [5, 5.41) is 3.65. The van der Waals surface area contributed by atoms with Gasteiger partial charge in [-0.1, -0.05) is 40.9 Å². The van der Waals surface area contributed by atoms with Gasteiger partial charge in [0, 0.05) is 10.7 Å². The summed E-state index contributed by atoms with van der Waals surface area (Å²) in [7, 11) is -3.71. The molecule has 134 valence electrons. The Morgan fingerprint density at radius 1 is 1.08 bits per heavy atom. The average molecular weight is 422 g/mol. The first-order chi connectivity index (χ1) is 11.6. The van der Waals surface area contributed by atoms with Crippen LogP contribution in [0.25, 0.3) is 0 Å². The van der Waals surface area contributed by atoms with Gasteiger partial charge in [-0.25, -0.2) is 8.42 Å². The third kappa shape index (κ3) is 5.01. The third-order valence-electron chi connectivity index (χ3n) is 3.42. The Morgan fingerprint density at radius 3 is 2.36 bits per heavy atom. The molecule has 0 aliphatic heterocycles. The fraction of sp³-hybridized carbons (Fsp3) is 0.188. The maximum Gasteiger partial charge on any atom is 0.245 e. The first-order valence-electron chi connectivity index (χ1n) is 7.07. The molecule has 2 aromatic carbocycles. The van der Waals surface area contributed by atoms with E-state index in [2.05, 4.69) is 5.32 Å². The highest BCUT2D eigenvalue weighted by molar-refractivity contribution is 7.92. The van der Waals surface area contributed by atoms with Gasteiger partial charge < -0.3 is 5.32 Å². The molecule has 0 fully saturated rings. The molecule has 2 rings (SSSR count). The minimum absolute atomic E-state index is 0.193. The van der Waals surface area contributed by atoms with E-state index in [4.69, 9.17) is 34.8 Å². The van der Waals surface area contributed by atoms with Gasteiger partial charge >= 0.3 is 0 Å². The van der Waals surface area contributed by atoms with Crippen LogP contribution < -0.4 is 9.62 Å². The molecule has 2 aromatic rings. The van der Waals surface area contributed by atoms with Crippen LogP contribution in [0.1, 0.15) is 5.56 Å². The van der Waals surface area contributed by atoms with Crippen molar-refractivity contribution in [1.82, 2.24) is 0 Å². The van der Waals surface area contributed by atoms with E-state index in [1.165, 1.54) is 18.2 Å². The topological polar surface area (TPSA) is 66.5 Å². The second-order valence-electron chi connectivity index (χ2n) is 5.33. The van der Waals surface area contributed by atoms with Crippen LogP contribution >= 0.6 is 34.8 Å². The van der Waals surface area contributed by atoms with E-state index in [0.29, 0.717) is 16.3 Å². The molecule has 9 heteroatoms. The Balaban J connectivity index is 2.27. The van der Waals surface area contributed by atoms with Gasteiger partial charge in [0.2, 0.25) is 15.9 Å². The molecule has 0 radical (unpaired) electrons. The van der Waals surface area contributed by atoms with Crippen LogP contribution in [-0.4, -0.2) is 27.1 Å². The number of carbonyl (C=O) groups is 1. The van der Waals surface area contributed by atoms with Crippen LogP contribution in [-0.2, 0) is 14.8 Å². The summed E-state index contributed by atoms with van der Waals surface area (Å²) in [5.41, 5.74) is 1.45. The minimum Gasteiger partial charge on any atom is -0.324 e. The fourth-order valence-corrected chi connectivity index (χ4v) is 3.42. The van der Waals surface area contributed by atoms with Crippen molar-refractivity contribution < 1.29 is 13.2 Å². The third-order valence-corrected chi connectivity index (χ3v) is 5.71. The standard InChI is InChI=1S/C16H15Cl3N2O3S/c1-10-12(17)4-3-5-15(10)20-16(22)9-21(25(2,23)24)11-6-7-13(18)14(19)8-11/h3-8H,9H2,1-2H3,(H,20,22). The molecule has 0 heterocycles. The Hall–Kier alpha value is -1.47. The summed E-state index contributed by atoms with van der Waals surface area (Å²) in [6.45, 7) is 1.34. The first kappa shape index (κ1) is 19.8. The monoisotopic (exact) mass is 420 g/mol. The van der Waals surface area contributed by atoms with E-state index in [-0.39, 0.29) is 15.7 Å². The normalized spacial score (nSPS) is 11.2. The molecule has 0 aliphatic rings. The zero-order valence-corrected chi connectivity index (χ0v) is 16.5. The molecule has 5 nitrogen and oxygen atoms in total. The maximum absolute atomic E-state index is 12.3. The van der Waals surface area contributed by atoms with Gasteiger partial charge in [-0.05, 0) is 42.8 Å². The van der Waals surface area contributed by atoms with E-state index in [9.17, 15) is 13.2 Å². The highest BCUT2D eigenvalue weighted by Crippen LogP contribution is 2.28. The number of nitrogens with zero attached hydrogens (tertiary/aromatic N) is 1. The molecule has 0 atom stereocenters. The van der Waals surface area contributed by atoms with E-state index >= 15 is 0 Å². The zero-order valence-electron chi connectivity index (χ0n) is 13.4. The molecule has 1 N–H and O–H groups in total. The van der Waals surface area contributed by atoms with E-state index in [1.807, 2.05) is 0 Å². The molecule has 25 heavy (non-hydrogen) atoms. The molecular weight excluding hydrogens is 407 g/mol. The molecular formula is C16H15Cl3N2O3S. The van der Waals surface area contributed by atoms with Gasteiger partial charge in [0.25, 0.3) is 0 Å². The molecule has 1 amide bonds. The SMILES string of the molecule is Cc1c(Cl)cccc1NC(=O)CN(c1ccc(Cl)c(Cl)c1)S(C)(=O)=O. The summed E-state index contributed by atoms with van der Waals surface area (Å²) in [4.78, 5) is 12.3. The quantitative estimate of drug-likeness (QED) is 0.780. The largest absolute Gasteiger partial charge is 0.324 e. The number of amides is 1. The lowest BCUT2D eigenvalue weighted by Crippen LogP contribution is -2.37. The van der Waals surface area contributed by atoms with Crippen molar-refractivity contribution in [1.29, 1.82) is 0 Å². The number of nitrogens with one attached hydrogen (secondary N) is 1. The second-order valence-corrected chi connectivity index (χ2v) is 8.46. The smallest absolute Gasteiger partial charge is 0.245 e. The highest BCUT2D eigenvalue weighted by atomic mass is 35.5. The summed E-state index contributed by atoms with van der Waals surface area (Å²) in [6.07, 6.45) is 1.01. The van der Waals surface area contributed by atoms with Crippen LogP contribution in [0.4, 0.5) is 11.4 Å². The number of carbonyl (C=O) groups excluding carboxylic acids is 1. The number of halogens is 3. The Kier molecular flexibility index (Phi) is 6.21. The van der Waals surface area contributed by atoms with E-state index in [0.717, 1.165) is 10.6 Å². The molecule has 0 bridgehead atoms. The van der Waals surface area contributed by atoms with E-state index < -0.39 is 22.5 Å². The van der Waals surface area contributed by atoms with Crippen molar-refractivity contribution in [2.75, 3.05) is 22.4 Å². The number of benzene rings is 2. The molecule has 0 unspecified atom stereocenters. The Morgan fingerprint density at radius 2 is 1.76 bits per heavy atom. The number of sulfonamides is 1. The van der Waals surface area contributed by atoms with Crippen LogP contribution in [0.15, 0.2) is 36.4 Å². The predicted molar refractivity (Wildman–Crippen MR) is 103 cm³/mol. The highest BCUT2D eigenvalue weighted by Gasteiger charge is 2.22. The molecule has 0 saturated heterocycles. The first-order valence-corrected chi connectivity index (χ1v) is 10.1. The van der Waals surface area contributed by atoms with Gasteiger partial charge in [0.1, 0.15) is 6.54 Å². The summed E-state index contributed by atoms with van der Waals surface area (Å²) in [6, 6.07) is 9.42. The Labute approximate surface area is 161 Å². The summed E-state index contributed by atoms with van der Waals surface area (Å²) >= 11 is 17.8. The van der Waals surface area contributed by atoms with Crippen molar-refractivity contribution in [3.05, 3.63) is 57.0 Å². The molecule has 0 aliphatic carbocycles. The zero-order chi connectivity index (χ0) is 18.8. The van der Waals surface area contributed by atoms with E-state index in [1.54, 1.807) is 25.1 Å². The van der Waals surface area contributed by atoms with Gasteiger partial charge in [-0.2, -0.15) is 0 Å². The average Bonchev–Trinajstić information content (AvgIpc) is 2.51. The van der Waals surface area contributed by atoms with Gasteiger partial charge in [0.05, 0.1) is 22.0 Å². The minimum atomic E-state index is -3.71. The van der Waals surface area contributed by atoms with Crippen LogP contribution in [0.2, 0.25) is 15.1 Å². The number of rotatable bonds is 5. The number of hydrogen-bond acceptors (Lipinski definition) is 3. The van der Waals surface area contributed by atoms with Crippen LogP contribution in [0.3, 0.4) is 0 Å². The van der Waals surface area contributed by atoms with Crippen molar-refractivity contribution in [3.63, 3.8) is 0 Å². The number of anilines is 2. The van der Waals surface area contributed by atoms with Gasteiger partial charge in [-0.3, -0.25) is 9.10 Å². The lowest BCUT2D eigenvalue weighted by molar-refractivity contribution is -0.114. The maximum atomic E-state index is 12.3. The lowest BCUT2D eigenvalue weighted by atomic mass is 10.2. The summed E-state index contributed by atoms with van der Waals surface area (Å²) < 4.78 is 25.1. The van der Waals surface area contributed by atoms with Crippen molar-refractivity contribution >= 4 is 62.1 Å². The molecule has 0 spiro atoms. The Bertz CT molecular complexity index is 917. The molecule has 0 aromatic heterocycles. The van der Waals surface area contributed by atoms with Gasteiger partial charge in [0.15, 0.2) is 0 Å². The number of hydrogen-bond donors (Lipinski definition) is 1. The molecule has 0 saturated carbocycles. The van der Waals surface area contributed by atoms with Crippen molar-refractivity contribution in [2.24, 2.45) is 0 Å². The fourth-order valence-electron chi connectivity index (χ4n) is 2.10. The lowest BCUT2D eigenvalue weighted by Gasteiger charge is -2.22. The van der Waals surface area contributed by atoms with Crippen molar-refractivity contribution in [2.45, 2.75) is 6.92 Å². The second kappa shape index (κ2) is 7.83. The van der Waals surface area contributed by atoms with Crippen LogP contribution in [0, 0.1) is 6.92 Å². The van der Waals surface area contributed by atoms with Crippen molar-refractivity contribution in [3.8, 4) is 0 Å². The van der Waals surface area contributed by atoms with Crippen LogP contribution in [0.5, 0.6) is 0 Å². The van der Waals surface area contributed by atoms with Gasteiger partial charge in [-0.15, -0.1) is 0 Å².